The number of hydrogen-bond donors (Lipinski definition) is 2. The van der Waals surface area contributed by atoms with Crippen LogP contribution in [-0.4, -0.2) is 43.6 Å². The van der Waals surface area contributed by atoms with Crippen LogP contribution in [0.1, 0.15) is 25.3 Å². The van der Waals surface area contributed by atoms with Gasteiger partial charge in [-0.05, 0) is 56.5 Å². The van der Waals surface area contributed by atoms with Crippen LogP contribution < -0.4 is 15.8 Å². The van der Waals surface area contributed by atoms with Gasteiger partial charge in [-0.25, -0.2) is 0 Å². The second kappa shape index (κ2) is 11.5. The van der Waals surface area contributed by atoms with Gasteiger partial charge in [-0.1, -0.05) is 12.1 Å². The van der Waals surface area contributed by atoms with Crippen LogP contribution in [0.3, 0.4) is 0 Å². The molecule has 1 heterocycles. The van der Waals surface area contributed by atoms with E-state index in [1.54, 1.807) is 14.0 Å². The fourth-order valence-corrected chi connectivity index (χ4v) is 2.74. The topological polar surface area (TPSA) is 67.6 Å². The average Bonchev–Trinajstić information content (AvgIpc) is 2.54. The molecule has 1 atom stereocenters. The van der Waals surface area contributed by atoms with E-state index in [1.165, 1.54) is 5.56 Å². The summed E-state index contributed by atoms with van der Waals surface area (Å²) in [5, 5.41) is 2.93. The molecule has 1 aromatic carbocycles. The van der Waals surface area contributed by atoms with Crippen LogP contribution in [0.2, 0.25) is 0 Å². The van der Waals surface area contributed by atoms with Gasteiger partial charge in [0.15, 0.2) is 0 Å². The maximum atomic E-state index is 11.5. The van der Waals surface area contributed by atoms with E-state index in [0.29, 0.717) is 5.92 Å². The van der Waals surface area contributed by atoms with Gasteiger partial charge in [0.2, 0.25) is 5.91 Å². The number of hydrogen-bond acceptors (Lipinski definition) is 4. The molecule has 0 unspecified atom stereocenters. The average molecular weight is 378 g/mol. The van der Waals surface area contributed by atoms with Crippen molar-refractivity contribution in [2.45, 2.75) is 32.4 Å². The Morgan fingerprint density at radius 3 is 2.38 bits per heavy atom. The normalized spacial score (nSPS) is 16.5. The summed E-state index contributed by atoms with van der Waals surface area (Å²) in [6.07, 6.45) is 2.24. The first-order chi connectivity index (χ1) is 10.6. The fourth-order valence-electron chi connectivity index (χ4n) is 2.74. The van der Waals surface area contributed by atoms with Gasteiger partial charge in [0.25, 0.3) is 0 Å². The second-order valence-corrected chi connectivity index (χ2v) is 6.10. The van der Waals surface area contributed by atoms with Crippen molar-refractivity contribution in [3.63, 3.8) is 0 Å². The Kier molecular flexibility index (Phi) is 11.0. The van der Waals surface area contributed by atoms with Gasteiger partial charge in [-0.2, -0.15) is 0 Å². The van der Waals surface area contributed by atoms with E-state index in [2.05, 4.69) is 22.3 Å². The number of nitrogens with two attached hydrogens (primary N) is 1. The summed E-state index contributed by atoms with van der Waals surface area (Å²) in [4.78, 5) is 14.0. The largest absolute Gasteiger partial charge is 0.497 e. The van der Waals surface area contributed by atoms with Crippen LogP contribution in [-0.2, 0) is 11.3 Å². The highest BCUT2D eigenvalue weighted by Crippen LogP contribution is 2.19. The maximum Gasteiger partial charge on any atom is 0.236 e. The highest BCUT2D eigenvalue weighted by atomic mass is 35.5. The van der Waals surface area contributed by atoms with E-state index in [9.17, 15) is 4.79 Å². The smallest absolute Gasteiger partial charge is 0.236 e. The minimum absolute atomic E-state index is 0. The maximum absolute atomic E-state index is 11.5. The van der Waals surface area contributed by atoms with Crippen LogP contribution in [0.4, 0.5) is 0 Å². The number of piperidine rings is 1. The molecule has 138 valence electrons. The minimum Gasteiger partial charge on any atom is -0.497 e. The van der Waals surface area contributed by atoms with E-state index >= 15 is 0 Å². The van der Waals surface area contributed by atoms with Crippen molar-refractivity contribution in [2.24, 2.45) is 11.7 Å². The number of nitrogens with one attached hydrogen (secondary N) is 1. The van der Waals surface area contributed by atoms with Gasteiger partial charge in [0.1, 0.15) is 5.75 Å². The third-order valence-corrected chi connectivity index (χ3v) is 4.25. The Bertz CT molecular complexity index is 475. The number of halogens is 2. The molecule has 5 nitrogen and oxygen atoms in total. The van der Waals surface area contributed by atoms with Gasteiger partial charge >= 0.3 is 0 Å². The van der Waals surface area contributed by atoms with Crippen molar-refractivity contribution >= 4 is 30.7 Å². The zero-order valence-electron chi connectivity index (χ0n) is 14.4. The van der Waals surface area contributed by atoms with Crippen LogP contribution in [0.25, 0.3) is 0 Å². The zero-order valence-corrected chi connectivity index (χ0v) is 16.0. The Morgan fingerprint density at radius 2 is 1.88 bits per heavy atom. The molecule has 3 N–H and O–H groups in total. The second-order valence-electron chi connectivity index (χ2n) is 6.10. The van der Waals surface area contributed by atoms with Crippen LogP contribution >= 0.6 is 24.8 Å². The van der Waals surface area contributed by atoms with Gasteiger partial charge in [-0.3, -0.25) is 9.69 Å². The quantitative estimate of drug-likeness (QED) is 0.797. The lowest BCUT2D eigenvalue weighted by molar-refractivity contribution is -0.122. The summed E-state index contributed by atoms with van der Waals surface area (Å²) in [6.45, 7) is 5.59. The van der Waals surface area contributed by atoms with E-state index < -0.39 is 6.04 Å². The number of likely N-dealkylation sites (tertiary alicyclic amines) is 1. The third kappa shape index (κ3) is 7.26. The Labute approximate surface area is 157 Å². The van der Waals surface area contributed by atoms with Crippen molar-refractivity contribution in [3.05, 3.63) is 29.8 Å². The van der Waals surface area contributed by atoms with Crippen LogP contribution in [0.5, 0.6) is 5.75 Å². The molecule has 0 aromatic heterocycles. The Morgan fingerprint density at radius 1 is 1.29 bits per heavy atom. The van der Waals surface area contributed by atoms with Gasteiger partial charge in [0, 0.05) is 13.1 Å². The van der Waals surface area contributed by atoms with E-state index in [-0.39, 0.29) is 30.7 Å². The summed E-state index contributed by atoms with van der Waals surface area (Å²) >= 11 is 0. The van der Waals surface area contributed by atoms with Crippen LogP contribution in [0, 0.1) is 5.92 Å². The molecule has 0 spiro atoms. The molecule has 1 aliphatic heterocycles. The SMILES string of the molecule is COc1ccc(CN2CCC(CNC(=O)[C@@H](C)N)CC2)cc1.Cl.Cl. The number of amides is 1. The van der Waals surface area contributed by atoms with Gasteiger partial charge in [0.05, 0.1) is 13.2 Å². The molecule has 0 radical (unpaired) electrons. The predicted octanol–water partition coefficient (Wildman–Crippen LogP) is 2.21. The first kappa shape index (κ1) is 23.0. The molecule has 1 fully saturated rings. The fraction of sp³-hybridized carbons (Fsp3) is 0.588. The molecule has 0 saturated carbocycles. The lowest BCUT2D eigenvalue weighted by Gasteiger charge is -2.32. The number of carbonyl (C=O) groups is 1. The zero-order chi connectivity index (χ0) is 15.9. The Balaban J connectivity index is 0.00000264. The number of methoxy groups -OCH3 is 1. The summed E-state index contributed by atoms with van der Waals surface area (Å²) in [5.41, 5.74) is 6.86. The van der Waals surface area contributed by atoms with E-state index in [1.807, 2.05) is 12.1 Å². The number of ether oxygens (including phenoxy) is 1. The summed E-state index contributed by atoms with van der Waals surface area (Å²) in [5.74, 6) is 1.41. The van der Waals surface area contributed by atoms with Crippen molar-refractivity contribution in [1.29, 1.82) is 0 Å². The molecule has 0 bridgehead atoms. The van der Waals surface area contributed by atoms with Crippen molar-refractivity contribution in [2.75, 3.05) is 26.7 Å². The molecule has 2 rings (SSSR count). The molecule has 24 heavy (non-hydrogen) atoms. The molecule has 0 aliphatic carbocycles. The van der Waals surface area contributed by atoms with Crippen molar-refractivity contribution in [3.8, 4) is 5.75 Å². The first-order valence-corrected chi connectivity index (χ1v) is 7.97. The first-order valence-electron chi connectivity index (χ1n) is 7.97. The number of carbonyl (C=O) groups excluding carboxylic acids is 1. The highest BCUT2D eigenvalue weighted by molar-refractivity contribution is 5.85. The molecule has 7 heteroatoms. The summed E-state index contributed by atoms with van der Waals surface area (Å²) < 4.78 is 5.18. The molecular formula is C17H29Cl2N3O2. The third-order valence-electron chi connectivity index (χ3n) is 4.25. The van der Waals surface area contributed by atoms with Gasteiger partial charge in [-0.15, -0.1) is 24.8 Å². The number of nitrogens with zero attached hydrogens (tertiary/aromatic N) is 1. The lowest BCUT2D eigenvalue weighted by Crippen LogP contribution is -2.43. The summed E-state index contributed by atoms with van der Waals surface area (Å²) in [7, 11) is 1.68. The molecule has 1 amide bonds. The summed E-state index contributed by atoms with van der Waals surface area (Å²) in [6, 6.07) is 7.83. The number of benzene rings is 1. The highest BCUT2D eigenvalue weighted by Gasteiger charge is 2.20. The lowest BCUT2D eigenvalue weighted by atomic mass is 9.96. The monoisotopic (exact) mass is 377 g/mol. The molecule has 1 saturated heterocycles. The van der Waals surface area contributed by atoms with E-state index in [4.69, 9.17) is 10.5 Å². The van der Waals surface area contributed by atoms with Crippen molar-refractivity contribution < 1.29 is 9.53 Å². The molecule has 1 aliphatic rings. The van der Waals surface area contributed by atoms with Crippen molar-refractivity contribution in [1.82, 2.24) is 10.2 Å². The van der Waals surface area contributed by atoms with E-state index in [0.717, 1.165) is 44.8 Å². The molecular weight excluding hydrogens is 349 g/mol. The Hall–Kier alpha value is -1.01. The number of rotatable bonds is 6. The van der Waals surface area contributed by atoms with Gasteiger partial charge < -0.3 is 15.8 Å². The standard InChI is InChI=1S/C17H27N3O2.2ClH/c1-13(18)17(21)19-11-14-7-9-20(10-8-14)12-15-3-5-16(22-2)6-4-15;;/h3-6,13-14H,7-12,18H2,1-2H3,(H,19,21);2*1H/t13-;;/m1../s1. The minimum atomic E-state index is -0.421. The van der Waals surface area contributed by atoms with Crippen LogP contribution in [0.15, 0.2) is 24.3 Å². The predicted molar refractivity (Wildman–Crippen MR) is 102 cm³/mol. The molecule has 1 aromatic rings.